The van der Waals surface area contributed by atoms with E-state index in [1.54, 1.807) is 32.7 Å². The highest BCUT2D eigenvalue weighted by Crippen LogP contribution is 2.33. The van der Waals surface area contributed by atoms with E-state index in [4.69, 9.17) is 14.2 Å². The van der Waals surface area contributed by atoms with Crippen LogP contribution in [-0.4, -0.2) is 49.3 Å². The summed E-state index contributed by atoms with van der Waals surface area (Å²) in [7, 11) is 4.00. The van der Waals surface area contributed by atoms with Crippen molar-refractivity contribution in [3.63, 3.8) is 0 Å². The van der Waals surface area contributed by atoms with Crippen LogP contribution in [0.4, 0.5) is 5.82 Å². The van der Waals surface area contributed by atoms with Crippen molar-refractivity contribution in [2.75, 3.05) is 26.2 Å². The number of aromatic nitrogens is 1. The molecule has 0 amide bonds. The summed E-state index contributed by atoms with van der Waals surface area (Å²) in [5, 5.41) is 0. The lowest BCUT2D eigenvalue weighted by atomic mass is 10.1. The normalized spacial score (nSPS) is 10.9. The van der Waals surface area contributed by atoms with Crippen LogP contribution in [0.3, 0.4) is 0 Å². The van der Waals surface area contributed by atoms with Gasteiger partial charge in [0.15, 0.2) is 5.57 Å². The summed E-state index contributed by atoms with van der Waals surface area (Å²) >= 11 is 0. The van der Waals surface area contributed by atoms with Crippen molar-refractivity contribution in [2.45, 2.75) is 46.8 Å². The zero-order valence-corrected chi connectivity index (χ0v) is 20.5. The topological polar surface area (TPSA) is 87.1 Å². The summed E-state index contributed by atoms with van der Waals surface area (Å²) in [6.07, 6.45) is 1.31. The molecule has 0 fully saturated rings. The lowest BCUT2D eigenvalue weighted by Gasteiger charge is -2.23. The van der Waals surface area contributed by atoms with E-state index in [9.17, 15) is 14.4 Å². The minimum Gasteiger partial charge on any atom is -0.465 e. The largest absolute Gasteiger partial charge is 0.465 e. The first-order valence-electron chi connectivity index (χ1n) is 10.5. The Labute approximate surface area is 194 Å². The first kappa shape index (κ1) is 25.7. The maximum atomic E-state index is 13.2. The van der Waals surface area contributed by atoms with Crippen molar-refractivity contribution >= 4 is 23.7 Å². The lowest BCUT2D eigenvalue weighted by Crippen LogP contribution is -2.27. The predicted molar refractivity (Wildman–Crippen MR) is 125 cm³/mol. The van der Waals surface area contributed by atoms with Gasteiger partial charge in [-0.25, -0.2) is 14.4 Å². The SMILES string of the molecule is COC(=O)C(=CN(C)c1c(C(=O)OC(C)(C)C)c(C)c(C)n1Cc1ccccc1)C(=O)OC. The molecule has 0 aliphatic rings. The van der Waals surface area contributed by atoms with Gasteiger partial charge in [-0.1, -0.05) is 30.3 Å². The Hall–Kier alpha value is -3.55. The van der Waals surface area contributed by atoms with Crippen LogP contribution in [0, 0.1) is 13.8 Å². The Kier molecular flexibility index (Phi) is 8.08. The Morgan fingerprint density at radius 1 is 1.00 bits per heavy atom. The highest BCUT2D eigenvalue weighted by Gasteiger charge is 2.30. The number of benzene rings is 1. The summed E-state index contributed by atoms with van der Waals surface area (Å²) in [4.78, 5) is 39.2. The second-order valence-electron chi connectivity index (χ2n) is 8.62. The van der Waals surface area contributed by atoms with Crippen molar-refractivity contribution in [3.05, 3.63) is 64.5 Å². The summed E-state index contributed by atoms with van der Waals surface area (Å²) in [5.41, 5.74) is 1.96. The molecule has 8 nitrogen and oxygen atoms in total. The van der Waals surface area contributed by atoms with Gasteiger partial charge in [-0.15, -0.1) is 0 Å². The molecule has 0 unspecified atom stereocenters. The van der Waals surface area contributed by atoms with E-state index in [1.165, 1.54) is 20.4 Å². The lowest BCUT2D eigenvalue weighted by molar-refractivity contribution is -0.144. The van der Waals surface area contributed by atoms with Gasteiger partial charge in [0, 0.05) is 25.5 Å². The third kappa shape index (κ3) is 6.03. The van der Waals surface area contributed by atoms with E-state index in [0.717, 1.165) is 16.8 Å². The van der Waals surface area contributed by atoms with E-state index >= 15 is 0 Å². The van der Waals surface area contributed by atoms with Crippen LogP contribution in [0.1, 0.15) is 48.0 Å². The van der Waals surface area contributed by atoms with Gasteiger partial charge in [-0.3, -0.25) is 0 Å². The molecule has 1 aromatic carbocycles. The number of rotatable bonds is 7. The summed E-state index contributed by atoms with van der Waals surface area (Å²) in [6, 6.07) is 9.77. The molecule has 0 atom stereocenters. The quantitative estimate of drug-likeness (QED) is 0.206. The van der Waals surface area contributed by atoms with Crippen molar-refractivity contribution in [1.82, 2.24) is 4.57 Å². The average Bonchev–Trinajstić information content (AvgIpc) is 3.01. The Bertz CT molecular complexity index is 1040. The molecule has 0 saturated heterocycles. The van der Waals surface area contributed by atoms with E-state index in [0.29, 0.717) is 17.9 Å². The van der Waals surface area contributed by atoms with Gasteiger partial charge in [0.25, 0.3) is 0 Å². The minimum atomic E-state index is -0.845. The van der Waals surface area contributed by atoms with Crippen LogP contribution < -0.4 is 4.90 Å². The van der Waals surface area contributed by atoms with Crippen molar-refractivity contribution in [3.8, 4) is 0 Å². The monoisotopic (exact) mass is 456 g/mol. The van der Waals surface area contributed by atoms with E-state index in [2.05, 4.69) is 0 Å². The smallest absolute Gasteiger partial charge is 0.346 e. The molecule has 2 rings (SSSR count). The molecule has 33 heavy (non-hydrogen) atoms. The van der Waals surface area contributed by atoms with Crippen molar-refractivity contribution < 1.29 is 28.6 Å². The highest BCUT2D eigenvalue weighted by atomic mass is 16.6. The molecule has 0 radical (unpaired) electrons. The third-order valence-electron chi connectivity index (χ3n) is 5.06. The number of hydrogen-bond acceptors (Lipinski definition) is 7. The summed E-state index contributed by atoms with van der Waals surface area (Å²) in [6.45, 7) is 9.61. The van der Waals surface area contributed by atoms with Gasteiger partial charge in [-0.05, 0) is 45.7 Å². The number of carbonyl (C=O) groups is 3. The number of anilines is 1. The van der Waals surface area contributed by atoms with Crippen LogP contribution in [0.25, 0.3) is 0 Å². The Morgan fingerprint density at radius 3 is 2.03 bits per heavy atom. The molecule has 0 spiro atoms. The maximum Gasteiger partial charge on any atom is 0.346 e. The third-order valence-corrected chi connectivity index (χ3v) is 5.06. The predicted octanol–water partition coefficient (Wildman–Crippen LogP) is 3.77. The number of nitrogens with zero attached hydrogens (tertiary/aromatic N) is 2. The van der Waals surface area contributed by atoms with Crippen molar-refractivity contribution in [1.29, 1.82) is 0 Å². The molecular weight excluding hydrogens is 424 g/mol. The van der Waals surface area contributed by atoms with E-state index in [-0.39, 0.29) is 5.57 Å². The van der Waals surface area contributed by atoms with E-state index < -0.39 is 23.5 Å². The zero-order chi connectivity index (χ0) is 24.9. The molecule has 0 N–H and O–H groups in total. The fraction of sp³-hybridized carbons (Fsp3) is 0.400. The molecule has 0 saturated carbocycles. The van der Waals surface area contributed by atoms with E-state index in [1.807, 2.05) is 48.7 Å². The van der Waals surface area contributed by atoms with Gasteiger partial charge in [0.05, 0.1) is 14.2 Å². The number of hydrogen-bond donors (Lipinski definition) is 0. The summed E-state index contributed by atoms with van der Waals surface area (Å²) < 4.78 is 17.1. The Balaban J connectivity index is 2.73. The minimum absolute atomic E-state index is 0.305. The second-order valence-corrected chi connectivity index (χ2v) is 8.62. The molecule has 8 heteroatoms. The number of carbonyl (C=O) groups excluding carboxylic acids is 3. The van der Waals surface area contributed by atoms with Crippen LogP contribution in [0.5, 0.6) is 0 Å². The first-order chi connectivity index (χ1) is 15.4. The molecular formula is C25H32N2O6. The molecule has 1 heterocycles. The standard InChI is InChI=1S/C25H32N2O6/c1-16-17(2)27(14-18-12-10-9-11-13-18)21(20(16)24(30)33-25(3,4)5)26(6)15-19(22(28)31-7)23(29)32-8/h9-13,15H,14H2,1-8H3. The maximum absolute atomic E-state index is 13.2. The zero-order valence-electron chi connectivity index (χ0n) is 20.5. The first-order valence-corrected chi connectivity index (χ1v) is 10.5. The van der Waals surface area contributed by atoms with Crippen LogP contribution in [0.2, 0.25) is 0 Å². The molecule has 2 aromatic rings. The fourth-order valence-electron chi connectivity index (χ4n) is 3.41. The van der Waals surface area contributed by atoms with Gasteiger partial charge < -0.3 is 23.7 Å². The van der Waals surface area contributed by atoms with Gasteiger partial charge in [-0.2, -0.15) is 0 Å². The average molecular weight is 457 g/mol. The Morgan fingerprint density at radius 2 is 1.55 bits per heavy atom. The molecule has 0 aliphatic carbocycles. The molecule has 178 valence electrons. The van der Waals surface area contributed by atoms with Gasteiger partial charge >= 0.3 is 17.9 Å². The van der Waals surface area contributed by atoms with Crippen LogP contribution in [-0.2, 0) is 30.3 Å². The number of ether oxygens (including phenoxy) is 3. The summed E-state index contributed by atoms with van der Waals surface area (Å²) in [5.74, 6) is -1.71. The fourth-order valence-corrected chi connectivity index (χ4v) is 3.41. The van der Waals surface area contributed by atoms with Gasteiger partial charge in [0.1, 0.15) is 17.0 Å². The van der Waals surface area contributed by atoms with Gasteiger partial charge in [0.2, 0.25) is 0 Å². The van der Waals surface area contributed by atoms with Crippen LogP contribution >= 0.6 is 0 Å². The second kappa shape index (κ2) is 10.4. The number of methoxy groups -OCH3 is 2. The molecule has 1 aromatic heterocycles. The highest BCUT2D eigenvalue weighted by molar-refractivity contribution is 6.14. The van der Waals surface area contributed by atoms with Crippen molar-refractivity contribution in [2.24, 2.45) is 0 Å². The molecule has 0 bridgehead atoms. The molecule has 0 aliphatic heterocycles. The number of esters is 3. The van der Waals surface area contributed by atoms with Crippen LogP contribution in [0.15, 0.2) is 42.1 Å².